The Hall–Kier alpha value is -3.22. The van der Waals surface area contributed by atoms with Crippen molar-refractivity contribution in [2.75, 3.05) is 13.1 Å². The number of aromatic amines is 2. The van der Waals surface area contributed by atoms with Gasteiger partial charge in [0.1, 0.15) is 11.4 Å². The molecule has 0 spiro atoms. The molecule has 1 aromatic carbocycles. The predicted octanol–water partition coefficient (Wildman–Crippen LogP) is 3.30. The molecule has 0 saturated carbocycles. The van der Waals surface area contributed by atoms with Crippen LogP contribution in [-0.4, -0.2) is 44.1 Å². The fraction of sp³-hybridized carbons (Fsp3) is 0.364. The minimum absolute atomic E-state index is 0.0999. The van der Waals surface area contributed by atoms with E-state index in [1.54, 1.807) is 4.90 Å². The minimum Gasteiger partial charge on any atom is -0.338 e. The van der Waals surface area contributed by atoms with Gasteiger partial charge in [0.25, 0.3) is 11.5 Å². The summed E-state index contributed by atoms with van der Waals surface area (Å²) < 4.78 is 0. The van der Waals surface area contributed by atoms with Crippen LogP contribution >= 0.6 is 0 Å². The van der Waals surface area contributed by atoms with Gasteiger partial charge in [0.2, 0.25) is 0 Å². The smallest absolute Gasteiger partial charge is 0.263 e. The third-order valence-electron chi connectivity index (χ3n) is 5.47. The highest BCUT2D eigenvalue weighted by Gasteiger charge is 2.29. The van der Waals surface area contributed by atoms with Crippen LogP contribution in [0.2, 0.25) is 0 Å². The van der Waals surface area contributed by atoms with Crippen molar-refractivity contribution in [3.05, 3.63) is 70.2 Å². The molecule has 7 heteroatoms. The summed E-state index contributed by atoms with van der Waals surface area (Å²) in [4.78, 5) is 34.2. The average Bonchev–Trinajstić information content (AvgIpc) is 3.24. The maximum atomic E-state index is 13.0. The van der Waals surface area contributed by atoms with Gasteiger partial charge in [-0.1, -0.05) is 44.2 Å². The Morgan fingerprint density at radius 2 is 2.00 bits per heavy atom. The molecular formula is C22H25N5O2. The number of nitrogens with zero attached hydrogens (tertiary/aromatic N) is 3. The van der Waals surface area contributed by atoms with Crippen LogP contribution in [0.3, 0.4) is 0 Å². The zero-order valence-electron chi connectivity index (χ0n) is 16.7. The highest BCUT2D eigenvalue weighted by molar-refractivity contribution is 5.93. The van der Waals surface area contributed by atoms with Crippen molar-refractivity contribution in [1.29, 1.82) is 0 Å². The molecule has 0 aliphatic carbocycles. The molecule has 3 heterocycles. The molecule has 1 saturated heterocycles. The molecule has 1 aliphatic rings. The average molecular weight is 391 g/mol. The van der Waals surface area contributed by atoms with E-state index in [2.05, 4.69) is 32.3 Å². The lowest BCUT2D eigenvalue weighted by atomic mass is 9.90. The van der Waals surface area contributed by atoms with E-state index in [1.807, 2.05) is 38.2 Å². The van der Waals surface area contributed by atoms with Crippen molar-refractivity contribution in [1.82, 2.24) is 25.1 Å². The summed E-state index contributed by atoms with van der Waals surface area (Å²) in [5.41, 5.74) is 2.93. The van der Waals surface area contributed by atoms with Crippen LogP contribution in [0.5, 0.6) is 0 Å². The zero-order chi connectivity index (χ0) is 20.4. The lowest BCUT2D eigenvalue weighted by Crippen LogP contribution is -2.41. The molecule has 1 amide bonds. The Balaban J connectivity index is 1.56. The number of rotatable bonds is 4. The van der Waals surface area contributed by atoms with Crippen molar-refractivity contribution in [2.45, 2.75) is 38.5 Å². The lowest BCUT2D eigenvalue weighted by molar-refractivity contribution is 0.0703. The molecule has 1 aliphatic heterocycles. The first-order chi connectivity index (χ1) is 14.0. The Labute approximate surface area is 169 Å². The molecule has 150 valence electrons. The second kappa shape index (κ2) is 8.03. The molecular weight excluding hydrogens is 366 g/mol. The molecule has 4 rings (SSSR count). The third kappa shape index (κ3) is 3.85. The van der Waals surface area contributed by atoms with Gasteiger partial charge in [-0.25, -0.2) is 4.98 Å². The van der Waals surface area contributed by atoms with Crippen molar-refractivity contribution in [3.63, 3.8) is 0 Å². The first-order valence-corrected chi connectivity index (χ1v) is 10.0. The molecule has 7 nitrogen and oxygen atoms in total. The van der Waals surface area contributed by atoms with Gasteiger partial charge in [-0.2, -0.15) is 5.10 Å². The standard InChI is InChI=1S/C22H25N5O2/c1-14(2)20-23-11-18(21(28)25-20)22(29)27-10-6-9-16(13-27)19-17(12-24-26-19)15-7-4-3-5-8-15/h3-5,7-8,11-12,14,16H,6,9-10,13H2,1-2H3,(H,24,26)(H,23,25,28)/t16-/m0/s1. The molecule has 1 fully saturated rings. The summed E-state index contributed by atoms with van der Waals surface area (Å²) in [5, 5.41) is 7.38. The van der Waals surface area contributed by atoms with Crippen LogP contribution in [0.4, 0.5) is 0 Å². The number of aromatic nitrogens is 4. The van der Waals surface area contributed by atoms with Gasteiger partial charge in [-0.3, -0.25) is 14.7 Å². The first-order valence-electron chi connectivity index (χ1n) is 10.0. The summed E-state index contributed by atoms with van der Waals surface area (Å²) >= 11 is 0. The molecule has 1 atom stereocenters. The maximum absolute atomic E-state index is 13.0. The van der Waals surface area contributed by atoms with Gasteiger partial charge in [-0.15, -0.1) is 0 Å². The molecule has 0 bridgehead atoms. The topological polar surface area (TPSA) is 94.7 Å². The number of hydrogen-bond donors (Lipinski definition) is 2. The Morgan fingerprint density at radius 3 is 2.72 bits per heavy atom. The van der Waals surface area contributed by atoms with Gasteiger partial charge in [0.15, 0.2) is 0 Å². The number of nitrogens with one attached hydrogen (secondary N) is 2. The largest absolute Gasteiger partial charge is 0.338 e. The Morgan fingerprint density at radius 1 is 1.21 bits per heavy atom. The first kappa shape index (κ1) is 19.1. The lowest BCUT2D eigenvalue weighted by Gasteiger charge is -2.32. The number of hydrogen-bond acceptors (Lipinski definition) is 4. The van der Waals surface area contributed by atoms with Gasteiger partial charge < -0.3 is 9.88 Å². The van der Waals surface area contributed by atoms with E-state index in [-0.39, 0.29) is 28.9 Å². The van der Waals surface area contributed by atoms with E-state index in [0.717, 1.165) is 29.7 Å². The fourth-order valence-electron chi connectivity index (χ4n) is 3.88. The minimum atomic E-state index is -0.373. The van der Waals surface area contributed by atoms with E-state index < -0.39 is 0 Å². The normalized spacial score (nSPS) is 16.9. The zero-order valence-corrected chi connectivity index (χ0v) is 16.7. The molecule has 29 heavy (non-hydrogen) atoms. The van der Waals surface area contributed by atoms with E-state index in [1.165, 1.54) is 6.20 Å². The van der Waals surface area contributed by atoms with Crippen LogP contribution in [0.15, 0.2) is 47.5 Å². The van der Waals surface area contributed by atoms with Crippen LogP contribution in [0.1, 0.15) is 60.4 Å². The number of piperidine rings is 1. The summed E-state index contributed by atoms with van der Waals surface area (Å²) in [5.74, 6) is 0.572. The van der Waals surface area contributed by atoms with Gasteiger partial charge >= 0.3 is 0 Å². The summed E-state index contributed by atoms with van der Waals surface area (Å²) in [6, 6.07) is 10.1. The highest BCUT2D eigenvalue weighted by Crippen LogP contribution is 2.33. The van der Waals surface area contributed by atoms with Crippen LogP contribution < -0.4 is 5.56 Å². The summed E-state index contributed by atoms with van der Waals surface area (Å²) in [6.45, 7) is 5.08. The number of benzene rings is 1. The highest BCUT2D eigenvalue weighted by atomic mass is 16.2. The van der Waals surface area contributed by atoms with Crippen molar-refractivity contribution < 1.29 is 4.79 Å². The van der Waals surface area contributed by atoms with Crippen LogP contribution in [-0.2, 0) is 0 Å². The van der Waals surface area contributed by atoms with Crippen molar-refractivity contribution in [3.8, 4) is 11.1 Å². The monoisotopic (exact) mass is 391 g/mol. The van der Waals surface area contributed by atoms with Crippen molar-refractivity contribution >= 4 is 5.91 Å². The Bertz CT molecular complexity index is 1050. The van der Waals surface area contributed by atoms with E-state index in [9.17, 15) is 9.59 Å². The maximum Gasteiger partial charge on any atom is 0.263 e. The number of amides is 1. The number of carbonyl (C=O) groups excluding carboxylic acids is 1. The number of likely N-dealkylation sites (tertiary alicyclic amines) is 1. The van der Waals surface area contributed by atoms with Crippen LogP contribution in [0.25, 0.3) is 11.1 Å². The molecule has 0 radical (unpaired) electrons. The quantitative estimate of drug-likeness (QED) is 0.713. The van der Waals surface area contributed by atoms with Gasteiger partial charge in [-0.05, 0) is 18.4 Å². The SMILES string of the molecule is CC(C)c1ncc(C(=O)N2CCC[C@H](c3[nH]ncc3-c3ccccc3)C2)c(=O)[nH]1. The fourth-order valence-corrected chi connectivity index (χ4v) is 3.88. The molecule has 2 N–H and O–H groups in total. The van der Waals surface area contributed by atoms with Crippen molar-refractivity contribution in [2.24, 2.45) is 0 Å². The molecule has 3 aromatic rings. The van der Waals surface area contributed by atoms with E-state index in [0.29, 0.717) is 18.9 Å². The van der Waals surface area contributed by atoms with E-state index >= 15 is 0 Å². The Kier molecular flexibility index (Phi) is 5.29. The second-order valence-corrected chi connectivity index (χ2v) is 7.82. The van der Waals surface area contributed by atoms with Gasteiger partial charge in [0.05, 0.1) is 6.20 Å². The van der Waals surface area contributed by atoms with Gasteiger partial charge in [0, 0.05) is 42.4 Å². The second-order valence-electron chi connectivity index (χ2n) is 7.82. The molecule has 0 unspecified atom stereocenters. The summed E-state index contributed by atoms with van der Waals surface area (Å²) in [7, 11) is 0. The predicted molar refractivity (Wildman–Crippen MR) is 111 cm³/mol. The van der Waals surface area contributed by atoms with Crippen LogP contribution in [0, 0.1) is 0 Å². The van der Waals surface area contributed by atoms with E-state index in [4.69, 9.17) is 0 Å². The number of carbonyl (C=O) groups is 1. The molecule has 2 aromatic heterocycles. The number of H-pyrrole nitrogens is 2. The summed E-state index contributed by atoms with van der Waals surface area (Å²) in [6.07, 6.45) is 5.09. The third-order valence-corrected chi connectivity index (χ3v) is 5.47.